The number of nitrogens with two attached hydrogens (primary N) is 1. The molecule has 116 valence electrons. The zero-order valence-electron chi connectivity index (χ0n) is 13.1. The standard InChI is InChI=1S/C16H26N4O/c1-3-14-13(9-11(2)19-20-14)15(18-17)12-5-8-21-16(10-12)6-4-7-16/h9,12,15,18H,3-8,10,17H2,1-2H3. The summed E-state index contributed by atoms with van der Waals surface area (Å²) in [6.07, 6.45) is 6.75. The Morgan fingerprint density at radius 3 is 2.90 bits per heavy atom. The molecule has 2 atom stereocenters. The van der Waals surface area contributed by atoms with E-state index in [2.05, 4.69) is 28.6 Å². The molecule has 21 heavy (non-hydrogen) atoms. The van der Waals surface area contributed by atoms with E-state index in [1.807, 2.05) is 6.92 Å². The lowest BCUT2D eigenvalue weighted by atomic mass is 9.69. The largest absolute Gasteiger partial charge is 0.375 e. The van der Waals surface area contributed by atoms with Crippen molar-refractivity contribution < 1.29 is 4.74 Å². The monoisotopic (exact) mass is 290 g/mol. The summed E-state index contributed by atoms with van der Waals surface area (Å²) in [6.45, 7) is 4.95. The van der Waals surface area contributed by atoms with Crippen LogP contribution in [0.3, 0.4) is 0 Å². The molecule has 1 spiro atoms. The van der Waals surface area contributed by atoms with E-state index < -0.39 is 0 Å². The second-order valence-corrected chi connectivity index (χ2v) is 6.52. The van der Waals surface area contributed by atoms with E-state index in [0.717, 1.165) is 37.3 Å². The van der Waals surface area contributed by atoms with Crippen molar-refractivity contribution >= 4 is 0 Å². The second kappa shape index (κ2) is 5.99. The minimum Gasteiger partial charge on any atom is -0.375 e. The summed E-state index contributed by atoms with van der Waals surface area (Å²) < 4.78 is 6.05. The Bertz CT molecular complexity index is 501. The van der Waals surface area contributed by atoms with Gasteiger partial charge in [0.25, 0.3) is 0 Å². The minimum atomic E-state index is 0.139. The van der Waals surface area contributed by atoms with E-state index in [0.29, 0.717) is 5.92 Å². The molecule has 1 aliphatic heterocycles. The van der Waals surface area contributed by atoms with E-state index in [-0.39, 0.29) is 11.6 Å². The molecule has 3 N–H and O–H groups in total. The van der Waals surface area contributed by atoms with Crippen LogP contribution in [0.25, 0.3) is 0 Å². The highest BCUT2D eigenvalue weighted by Gasteiger charge is 2.44. The van der Waals surface area contributed by atoms with Crippen molar-refractivity contribution in [2.24, 2.45) is 11.8 Å². The Kier molecular flexibility index (Phi) is 4.24. The topological polar surface area (TPSA) is 73.1 Å². The highest BCUT2D eigenvalue weighted by atomic mass is 16.5. The number of rotatable bonds is 4. The van der Waals surface area contributed by atoms with Crippen molar-refractivity contribution in [3.8, 4) is 0 Å². The van der Waals surface area contributed by atoms with Gasteiger partial charge in [-0.1, -0.05) is 6.92 Å². The summed E-state index contributed by atoms with van der Waals surface area (Å²) in [5.41, 5.74) is 6.41. The molecular weight excluding hydrogens is 264 g/mol. The maximum absolute atomic E-state index is 6.05. The van der Waals surface area contributed by atoms with Crippen LogP contribution in [0.1, 0.15) is 62.0 Å². The molecule has 3 rings (SSSR count). The number of ether oxygens (including phenoxy) is 1. The summed E-state index contributed by atoms with van der Waals surface area (Å²) in [4.78, 5) is 0. The molecule has 2 aliphatic rings. The third-order valence-electron chi connectivity index (χ3n) is 5.14. The van der Waals surface area contributed by atoms with Crippen molar-refractivity contribution in [1.29, 1.82) is 0 Å². The van der Waals surface area contributed by atoms with Crippen LogP contribution in [0.4, 0.5) is 0 Å². The molecule has 1 aromatic rings. The smallest absolute Gasteiger partial charge is 0.0686 e. The van der Waals surface area contributed by atoms with Crippen LogP contribution in [0.2, 0.25) is 0 Å². The Morgan fingerprint density at radius 1 is 1.48 bits per heavy atom. The molecular formula is C16H26N4O. The number of hydrogen-bond acceptors (Lipinski definition) is 5. The van der Waals surface area contributed by atoms with Gasteiger partial charge in [0.15, 0.2) is 0 Å². The van der Waals surface area contributed by atoms with Gasteiger partial charge in [0.05, 0.1) is 23.0 Å². The van der Waals surface area contributed by atoms with Gasteiger partial charge >= 0.3 is 0 Å². The van der Waals surface area contributed by atoms with Gasteiger partial charge in [-0.25, -0.2) is 0 Å². The van der Waals surface area contributed by atoms with Gasteiger partial charge < -0.3 is 4.74 Å². The van der Waals surface area contributed by atoms with E-state index >= 15 is 0 Å². The number of nitrogens with zero attached hydrogens (tertiary/aromatic N) is 2. The van der Waals surface area contributed by atoms with Gasteiger partial charge in [0.2, 0.25) is 0 Å². The summed E-state index contributed by atoms with van der Waals surface area (Å²) in [6, 6.07) is 2.29. The average Bonchev–Trinajstić information content (AvgIpc) is 2.47. The first-order valence-corrected chi connectivity index (χ1v) is 8.10. The fraction of sp³-hybridized carbons (Fsp3) is 0.750. The lowest BCUT2D eigenvalue weighted by molar-refractivity contribution is -0.147. The number of hydrogen-bond donors (Lipinski definition) is 2. The van der Waals surface area contributed by atoms with Crippen molar-refractivity contribution in [1.82, 2.24) is 15.6 Å². The molecule has 1 aliphatic carbocycles. The molecule has 0 radical (unpaired) electrons. The second-order valence-electron chi connectivity index (χ2n) is 6.52. The maximum atomic E-state index is 6.05. The molecule has 0 bridgehead atoms. The van der Waals surface area contributed by atoms with Crippen LogP contribution in [0.5, 0.6) is 0 Å². The molecule has 2 fully saturated rings. The number of aryl methyl sites for hydroxylation is 2. The van der Waals surface area contributed by atoms with Crippen LogP contribution in [-0.2, 0) is 11.2 Å². The van der Waals surface area contributed by atoms with Crippen LogP contribution in [0.15, 0.2) is 6.07 Å². The Hall–Kier alpha value is -1.04. The lowest BCUT2D eigenvalue weighted by Gasteiger charge is -2.48. The number of hydrazine groups is 1. The van der Waals surface area contributed by atoms with Gasteiger partial charge in [-0.15, -0.1) is 0 Å². The van der Waals surface area contributed by atoms with Crippen LogP contribution in [0, 0.1) is 12.8 Å². The molecule has 5 nitrogen and oxygen atoms in total. The number of aromatic nitrogens is 2. The summed E-state index contributed by atoms with van der Waals surface area (Å²) in [5, 5.41) is 8.54. The van der Waals surface area contributed by atoms with Crippen molar-refractivity contribution in [3.63, 3.8) is 0 Å². The fourth-order valence-corrected chi connectivity index (χ4v) is 3.83. The van der Waals surface area contributed by atoms with E-state index in [9.17, 15) is 0 Å². The zero-order valence-corrected chi connectivity index (χ0v) is 13.1. The van der Waals surface area contributed by atoms with Crippen molar-refractivity contribution in [2.75, 3.05) is 6.61 Å². The number of nitrogens with one attached hydrogen (secondary N) is 1. The van der Waals surface area contributed by atoms with Gasteiger partial charge in [0.1, 0.15) is 0 Å². The Balaban J connectivity index is 1.85. The highest BCUT2D eigenvalue weighted by Crippen LogP contribution is 2.47. The third kappa shape index (κ3) is 2.82. The molecule has 1 aromatic heterocycles. The quantitative estimate of drug-likeness (QED) is 0.657. The first kappa shape index (κ1) is 14.9. The predicted octanol–water partition coefficient (Wildman–Crippen LogP) is 2.20. The summed E-state index contributed by atoms with van der Waals surface area (Å²) in [7, 11) is 0. The van der Waals surface area contributed by atoms with Gasteiger partial charge in [-0.3, -0.25) is 11.3 Å². The van der Waals surface area contributed by atoms with Crippen LogP contribution in [-0.4, -0.2) is 22.4 Å². The molecule has 2 heterocycles. The van der Waals surface area contributed by atoms with E-state index in [4.69, 9.17) is 10.6 Å². The normalized spacial score (nSPS) is 25.6. The van der Waals surface area contributed by atoms with Gasteiger partial charge in [0, 0.05) is 6.61 Å². The Morgan fingerprint density at radius 2 is 2.29 bits per heavy atom. The maximum Gasteiger partial charge on any atom is 0.0686 e. The average molecular weight is 290 g/mol. The van der Waals surface area contributed by atoms with Gasteiger partial charge in [-0.05, 0) is 63.0 Å². The molecule has 2 unspecified atom stereocenters. The zero-order chi connectivity index (χ0) is 14.9. The molecule has 1 saturated heterocycles. The SMILES string of the molecule is CCc1nnc(C)cc1C(NN)C1CCOC2(CCC2)C1. The highest BCUT2D eigenvalue weighted by molar-refractivity contribution is 5.26. The van der Waals surface area contributed by atoms with E-state index in [1.165, 1.54) is 24.8 Å². The van der Waals surface area contributed by atoms with Crippen molar-refractivity contribution in [2.45, 2.75) is 64.0 Å². The first-order valence-electron chi connectivity index (χ1n) is 8.10. The first-order chi connectivity index (χ1) is 10.2. The molecule has 0 aromatic carbocycles. The minimum absolute atomic E-state index is 0.139. The van der Waals surface area contributed by atoms with Crippen molar-refractivity contribution in [3.05, 3.63) is 23.0 Å². The molecule has 1 saturated carbocycles. The fourth-order valence-electron chi connectivity index (χ4n) is 3.83. The lowest BCUT2D eigenvalue weighted by Crippen LogP contribution is -2.48. The summed E-state index contributed by atoms with van der Waals surface area (Å²) >= 11 is 0. The molecule has 5 heteroatoms. The van der Waals surface area contributed by atoms with Crippen LogP contribution >= 0.6 is 0 Å². The van der Waals surface area contributed by atoms with Gasteiger partial charge in [-0.2, -0.15) is 10.2 Å². The van der Waals surface area contributed by atoms with E-state index in [1.54, 1.807) is 0 Å². The molecule has 0 amide bonds. The van der Waals surface area contributed by atoms with Crippen LogP contribution < -0.4 is 11.3 Å². The summed E-state index contributed by atoms with van der Waals surface area (Å²) in [5.74, 6) is 6.43. The third-order valence-corrected chi connectivity index (χ3v) is 5.14. The Labute approximate surface area is 126 Å². The predicted molar refractivity (Wildman–Crippen MR) is 81.5 cm³/mol.